The van der Waals surface area contributed by atoms with E-state index in [9.17, 15) is 9.59 Å². The van der Waals surface area contributed by atoms with Gasteiger partial charge in [-0.15, -0.1) is 11.3 Å². The van der Waals surface area contributed by atoms with Gasteiger partial charge in [0.15, 0.2) is 0 Å². The van der Waals surface area contributed by atoms with Gasteiger partial charge in [0.25, 0.3) is 5.91 Å². The zero-order valence-corrected chi connectivity index (χ0v) is 12.0. The second kappa shape index (κ2) is 5.38. The number of carboxylic acid groups (broad SMARTS) is 1. The molecule has 2 rings (SSSR count). The van der Waals surface area contributed by atoms with Crippen LogP contribution in [-0.2, 0) is 9.53 Å². The minimum Gasteiger partial charge on any atom is -0.480 e. The molecule has 5 nitrogen and oxygen atoms in total. The van der Waals surface area contributed by atoms with Gasteiger partial charge in [0.05, 0.1) is 11.0 Å². The molecule has 0 aromatic carbocycles. The Hall–Kier alpha value is -0.920. The number of ether oxygens (including phenoxy) is 1. The van der Waals surface area contributed by atoms with Crippen LogP contribution in [0.5, 0.6) is 0 Å². The summed E-state index contributed by atoms with van der Waals surface area (Å²) in [6.45, 7) is 0.321. The average molecular weight is 334 g/mol. The van der Waals surface area contributed by atoms with Crippen LogP contribution in [0.15, 0.2) is 15.9 Å². The Morgan fingerprint density at radius 2 is 2.33 bits per heavy atom. The summed E-state index contributed by atoms with van der Waals surface area (Å²) < 4.78 is 5.97. The Bertz CT molecular complexity index is 475. The zero-order valence-electron chi connectivity index (χ0n) is 9.63. The van der Waals surface area contributed by atoms with Crippen molar-refractivity contribution in [1.29, 1.82) is 0 Å². The summed E-state index contributed by atoms with van der Waals surface area (Å²) in [5, 5.41) is 10.9. The van der Waals surface area contributed by atoms with E-state index in [2.05, 4.69) is 15.9 Å². The van der Waals surface area contributed by atoms with Gasteiger partial charge in [0, 0.05) is 29.9 Å². The van der Waals surface area contributed by atoms with Crippen LogP contribution in [0.2, 0.25) is 0 Å². The van der Waals surface area contributed by atoms with Crippen LogP contribution in [0.4, 0.5) is 0 Å². The lowest BCUT2D eigenvalue weighted by atomic mass is 10.2. The van der Waals surface area contributed by atoms with E-state index in [4.69, 9.17) is 9.84 Å². The maximum absolute atomic E-state index is 12.2. The lowest BCUT2D eigenvalue weighted by Crippen LogP contribution is -2.40. The number of hydrogen-bond acceptors (Lipinski definition) is 4. The molecule has 7 heteroatoms. The third-order valence-electron chi connectivity index (χ3n) is 2.92. The lowest BCUT2D eigenvalue weighted by Gasteiger charge is -2.20. The minimum absolute atomic E-state index is 0.210. The fraction of sp³-hybridized carbons (Fsp3) is 0.455. The number of methoxy groups -OCH3 is 1. The van der Waals surface area contributed by atoms with Gasteiger partial charge in [0.1, 0.15) is 6.04 Å². The molecule has 2 unspecified atom stereocenters. The van der Waals surface area contributed by atoms with Crippen molar-refractivity contribution >= 4 is 39.1 Å². The molecule has 1 fully saturated rings. The quantitative estimate of drug-likeness (QED) is 0.916. The Morgan fingerprint density at radius 3 is 2.83 bits per heavy atom. The number of thiophene rings is 1. The third-order valence-corrected chi connectivity index (χ3v) is 4.60. The molecule has 1 N–H and O–H groups in total. The highest BCUT2D eigenvalue weighted by Crippen LogP contribution is 2.26. The molecule has 0 radical (unpaired) electrons. The Kier molecular flexibility index (Phi) is 4.04. The van der Waals surface area contributed by atoms with Gasteiger partial charge in [-0.2, -0.15) is 0 Å². The molecule has 1 aromatic rings. The van der Waals surface area contributed by atoms with Gasteiger partial charge in [-0.05, 0) is 22.0 Å². The molecular formula is C11H12BrNO4S. The van der Waals surface area contributed by atoms with Crippen LogP contribution < -0.4 is 0 Å². The van der Waals surface area contributed by atoms with Gasteiger partial charge in [-0.3, -0.25) is 4.79 Å². The van der Waals surface area contributed by atoms with E-state index >= 15 is 0 Å². The number of rotatable bonds is 3. The summed E-state index contributed by atoms with van der Waals surface area (Å²) in [5.41, 5.74) is 0. The van der Waals surface area contributed by atoms with E-state index in [1.165, 1.54) is 23.3 Å². The molecule has 18 heavy (non-hydrogen) atoms. The van der Waals surface area contributed by atoms with E-state index in [-0.39, 0.29) is 12.0 Å². The molecule has 2 atom stereocenters. The van der Waals surface area contributed by atoms with Gasteiger partial charge >= 0.3 is 5.97 Å². The highest BCUT2D eigenvalue weighted by atomic mass is 79.9. The first-order valence-corrected chi connectivity index (χ1v) is 7.00. The molecule has 0 spiro atoms. The summed E-state index contributed by atoms with van der Waals surface area (Å²) >= 11 is 4.57. The number of halogens is 1. The van der Waals surface area contributed by atoms with Crippen LogP contribution in [0.25, 0.3) is 0 Å². The fourth-order valence-corrected chi connectivity index (χ4v) is 3.37. The maximum Gasteiger partial charge on any atom is 0.326 e. The van der Waals surface area contributed by atoms with Gasteiger partial charge in [0.2, 0.25) is 0 Å². The smallest absolute Gasteiger partial charge is 0.326 e. The Balaban J connectivity index is 2.20. The van der Waals surface area contributed by atoms with E-state index in [0.717, 1.165) is 4.47 Å². The molecule has 98 valence electrons. The second-order valence-corrected chi connectivity index (χ2v) is 5.86. The van der Waals surface area contributed by atoms with Crippen LogP contribution >= 0.6 is 27.3 Å². The minimum atomic E-state index is -0.987. The number of amides is 1. The average Bonchev–Trinajstić information content (AvgIpc) is 2.93. The highest BCUT2D eigenvalue weighted by molar-refractivity contribution is 9.10. The molecule has 1 aromatic heterocycles. The predicted molar refractivity (Wildman–Crippen MR) is 69.9 cm³/mol. The zero-order chi connectivity index (χ0) is 13.3. The molecule has 1 aliphatic heterocycles. The number of likely N-dealkylation sites (tertiary alicyclic amines) is 1. The molecule has 1 amide bonds. The molecule has 1 saturated heterocycles. The molecular weight excluding hydrogens is 322 g/mol. The van der Waals surface area contributed by atoms with Crippen molar-refractivity contribution in [1.82, 2.24) is 4.90 Å². The maximum atomic E-state index is 12.2. The van der Waals surface area contributed by atoms with Crippen LogP contribution in [-0.4, -0.2) is 47.7 Å². The summed E-state index contributed by atoms with van der Waals surface area (Å²) in [7, 11) is 1.53. The van der Waals surface area contributed by atoms with E-state index in [0.29, 0.717) is 17.8 Å². The van der Waals surface area contributed by atoms with E-state index in [1.54, 1.807) is 11.4 Å². The number of aliphatic carboxylic acids is 1. The highest BCUT2D eigenvalue weighted by Gasteiger charge is 2.40. The van der Waals surface area contributed by atoms with E-state index < -0.39 is 12.0 Å². The van der Waals surface area contributed by atoms with Gasteiger partial charge in [-0.1, -0.05) is 0 Å². The molecule has 0 bridgehead atoms. The van der Waals surface area contributed by atoms with Crippen molar-refractivity contribution in [2.24, 2.45) is 0 Å². The molecule has 1 aliphatic rings. The summed E-state index contributed by atoms with van der Waals surface area (Å²) in [6, 6.07) is 0.898. The molecule has 0 aliphatic carbocycles. The number of hydrogen-bond donors (Lipinski definition) is 1. The van der Waals surface area contributed by atoms with Gasteiger partial charge in [-0.25, -0.2) is 4.79 Å². The lowest BCUT2D eigenvalue weighted by molar-refractivity contribution is -0.141. The fourth-order valence-electron chi connectivity index (χ4n) is 1.99. The summed E-state index contributed by atoms with van der Waals surface area (Å²) in [6.07, 6.45) is 0.128. The van der Waals surface area contributed by atoms with Crippen LogP contribution in [0, 0.1) is 0 Å². The summed E-state index contributed by atoms with van der Waals surface area (Å²) in [5.74, 6) is -1.24. The monoisotopic (exact) mass is 333 g/mol. The second-order valence-electron chi connectivity index (χ2n) is 4.03. The van der Waals surface area contributed by atoms with E-state index in [1.807, 2.05) is 0 Å². The number of carbonyl (C=O) groups is 2. The van der Waals surface area contributed by atoms with Crippen molar-refractivity contribution in [2.45, 2.75) is 18.6 Å². The summed E-state index contributed by atoms with van der Waals surface area (Å²) in [4.78, 5) is 25.3. The van der Waals surface area contributed by atoms with Crippen LogP contribution in [0.1, 0.15) is 16.1 Å². The third kappa shape index (κ3) is 2.57. The molecule has 0 saturated carbocycles. The first-order valence-electron chi connectivity index (χ1n) is 5.33. The first-order chi connectivity index (χ1) is 8.52. The normalized spacial score (nSPS) is 23.3. The Labute approximate surface area is 116 Å². The largest absolute Gasteiger partial charge is 0.480 e. The van der Waals surface area contributed by atoms with Crippen LogP contribution in [0.3, 0.4) is 0 Å². The predicted octanol–water partition coefficient (Wildman–Crippen LogP) is 1.82. The Morgan fingerprint density at radius 1 is 1.61 bits per heavy atom. The van der Waals surface area contributed by atoms with Crippen molar-refractivity contribution in [3.63, 3.8) is 0 Å². The SMILES string of the molecule is COC1CC(C(=O)O)N(C(=O)c2cc(Br)cs2)C1. The van der Waals surface area contributed by atoms with Gasteiger partial charge < -0.3 is 14.7 Å². The van der Waals surface area contributed by atoms with Crippen molar-refractivity contribution < 1.29 is 19.4 Å². The topological polar surface area (TPSA) is 66.8 Å². The first kappa shape index (κ1) is 13.5. The number of carbonyl (C=O) groups excluding carboxylic acids is 1. The number of nitrogens with zero attached hydrogens (tertiary/aromatic N) is 1. The standard InChI is InChI=1S/C11H12BrNO4S/c1-17-7-3-8(11(15)16)13(4-7)10(14)9-2-6(12)5-18-9/h2,5,7-8H,3-4H2,1H3,(H,15,16). The van der Waals surface area contributed by atoms with Crippen molar-refractivity contribution in [2.75, 3.05) is 13.7 Å². The number of carboxylic acids is 1. The van der Waals surface area contributed by atoms with Crippen molar-refractivity contribution in [3.05, 3.63) is 20.8 Å². The van der Waals surface area contributed by atoms with Crippen molar-refractivity contribution in [3.8, 4) is 0 Å². The molecule has 2 heterocycles.